The van der Waals surface area contributed by atoms with Crippen molar-refractivity contribution < 1.29 is 27.9 Å². The van der Waals surface area contributed by atoms with Gasteiger partial charge in [0.25, 0.3) is 0 Å². The SMILES string of the molecule is C[C@H](N)C(=O)NCc1cc(Cl)ccc1-n1cnnn1.O=C(O)C(F)(F)F. The number of aromatic nitrogens is 4. The van der Waals surface area contributed by atoms with Crippen LogP contribution in [-0.2, 0) is 16.1 Å². The Morgan fingerprint density at radius 3 is 2.50 bits per heavy atom. The zero-order valence-electron chi connectivity index (χ0n) is 13.2. The molecule has 0 unspecified atom stereocenters. The number of nitrogens with two attached hydrogens (primary N) is 1. The van der Waals surface area contributed by atoms with Crippen molar-refractivity contribution in [2.45, 2.75) is 25.7 Å². The van der Waals surface area contributed by atoms with Crippen LogP contribution in [0.15, 0.2) is 24.5 Å². The number of tetrazole rings is 1. The molecule has 1 heterocycles. The lowest BCUT2D eigenvalue weighted by molar-refractivity contribution is -0.192. The summed E-state index contributed by atoms with van der Waals surface area (Å²) in [5.41, 5.74) is 7.04. The Bertz CT molecular complexity index is 752. The number of carboxylic acid groups (broad SMARTS) is 1. The first-order chi connectivity index (χ1) is 12.0. The molecule has 0 saturated carbocycles. The molecule has 0 aliphatic heterocycles. The molecule has 1 atom stereocenters. The second-order valence-electron chi connectivity index (χ2n) is 4.84. The molecule has 0 fully saturated rings. The number of benzene rings is 1. The molecule has 1 amide bonds. The van der Waals surface area contributed by atoms with Crippen LogP contribution in [0.4, 0.5) is 13.2 Å². The highest BCUT2D eigenvalue weighted by molar-refractivity contribution is 6.30. The van der Waals surface area contributed by atoms with Crippen molar-refractivity contribution >= 4 is 23.5 Å². The van der Waals surface area contributed by atoms with Gasteiger partial charge in [-0.15, -0.1) is 5.10 Å². The van der Waals surface area contributed by atoms with Gasteiger partial charge in [0.15, 0.2) is 0 Å². The van der Waals surface area contributed by atoms with E-state index in [1.165, 1.54) is 11.0 Å². The van der Waals surface area contributed by atoms with Crippen molar-refractivity contribution in [3.63, 3.8) is 0 Å². The van der Waals surface area contributed by atoms with Gasteiger partial charge < -0.3 is 16.2 Å². The molecule has 0 spiro atoms. The monoisotopic (exact) mass is 394 g/mol. The molecule has 4 N–H and O–H groups in total. The quantitative estimate of drug-likeness (QED) is 0.701. The van der Waals surface area contributed by atoms with E-state index in [0.29, 0.717) is 11.6 Å². The Labute approximate surface area is 149 Å². The van der Waals surface area contributed by atoms with E-state index in [9.17, 15) is 18.0 Å². The molecule has 9 nitrogen and oxygen atoms in total. The van der Waals surface area contributed by atoms with Crippen LogP contribution in [-0.4, -0.2) is 49.4 Å². The first kappa shape index (κ1) is 21.3. The number of carbonyl (C=O) groups excluding carboxylic acids is 1. The molecule has 0 saturated heterocycles. The van der Waals surface area contributed by atoms with Crippen molar-refractivity contribution in [3.05, 3.63) is 35.1 Å². The predicted molar refractivity (Wildman–Crippen MR) is 83.4 cm³/mol. The number of rotatable bonds is 4. The maximum absolute atomic E-state index is 11.5. The van der Waals surface area contributed by atoms with Crippen LogP contribution in [0.2, 0.25) is 5.02 Å². The first-order valence-electron chi connectivity index (χ1n) is 6.87. The summed E-state index contributed by atoms with van der Waals surface area (Å²) in [4.78, 5) is 20.4. The minimum atomic E-state index is -5.08. The maximum Gasteiger partial charge on any atom is 0.490 e. The van der Waals surface area contributed by atoms with Gasteiger partial charge in [-0.05, 0) is 41.1 Å². The number of hydrogen-bond donors (Lipinski definition) is 3. The van der Waals surface area contributed by atoms with Gasteiger partial charge in [0.1, 0.15) is 6.33 Å². The normalized spacial score (nSPS) is 11.9. The van der Waals surface area contributed by atoms with E-state index >= 15 is 0 Å². The number of nitrogens with one attached hydrogen (secondary N) is 1. The molecule has 0 bridgehead atoms. The molecule has 0 aliphatic carbocycles. The molecule has 142 valence electrons. The van der Waals surface area contributed by atoms with Gasteiger partial charge in [0.2, 0.25) is 5.91 Å². The van der Waals surface area contributed by atoms with Gasteiger partial charge in [-0.3, -0.25) is 4.79 Å². The summed E-state index contributed by atoms with van der Waals surface area (Å²) < 4.78 is 33.2. The van der Waals surface area contributed by atoms with Crippen LogP contribution in [0.3, 0.4) is 0 Å². The number of nitrogens with zero attached hydrogens (tertiary/aromatic N) is 4. The van der Waals surface area contributed by atoms with E-state index in [4.69, 9.17) is 27.2 Å². The smallest absolute Gasteiger partial charge is 0.475 e. The average molecular weight is 395 g/mol. The first-order valence-corrected chi connectivity index (χ1v) is 7.25. The molecule has 1 aromatic heterocycles. The lowest BCUT2D eigenvalue weighted by Crippen LogP contribution is -2.38. The number of aliphatic carboxylic acids is 1. The highest BCUT2D eigenvalue weighted by atomic mass is 35.5. The topological polar surface area (TPSA) is 136 Å². The summed E-state index contributed by atoms with van der Waals surface area (Å²) in [7, 11) is 0. The van der Waals surface area contributed by atoms with E-state index in [1.54, 1.807) is 25.1 Å². The number of amides is 1. The highest BCUT2D eigenvalue weighted by Crippen LogP contribution is 2.18. The van der Waals surface area contributed by atoms with Crippen molar-refractivity contribution in [1.82, 2.24) is 25.5 Å². The minimum Gasteiger partial charge on any atom is -0.475 e. The van der Waals surface area contributed by atoms with Crippen LogP contribution < -0.4 is 11.1 Å². The average Bonchev–Trinajstić information content (AvgIpc) is 3.06. The van der Waals surface area contributed by atoms with Gasteiger partial charge in [0.05, 0.1) is 11.7 Å². The fourth-order valence-corrected chi connectivity index (χ4v) is 1.73. The molecule has 13 heteroatoms. The van der Waals surface area contributed by atoms with E-state index in [0.717, 1.165) is 11.3 Å². The summed E-state index contributed by atoms with van der Waals surface area (Å²) in [5, 5.41) is 21.4. The molecule has 2 rings (SSSR count). The Hall–Kier alpha value is -2.73. The van der Waals surface area contributed by atoms with Crippen molar-refractivity contribution in [1.29, 1.82) is 0 Å². The van der Waals surface area contributed by atoms with Crippen LogP contribution in [0, 0.1) is 0 Å². The second-order valence-corrected chi connectivity index (χ2v) is 5.27. The third-order valence-electron chi connectivity index (χ3n) is 2.75. The molecule has 0 radical (unpaired) electrons. The van der Waals surface area contributed by atoms with Gasteiger partial charge in [0, 0.05) is 11.6 Å². The molecule has 1 aromatic carbocycles. The third kappa shape index (κ3) is 6.64. The zero-order chi connectivity index (χ0) is 19.9. The molecular formula is C13H14ClF3N6O3. The maximum atomic E-state index is 11.5. The Morgan fingerprint density at radius 1 is 1.42 bits per heavy atom. The van der Waals surface area contributed by atoms with Gasteiger partial charge in [-0.25, -0.2) is 9.48 Å². The van der Waals surface area contributed by atoms with E-state index in [-0.39, 0.29) is 5.91 Å². The number of halogens is 4. The fourth-order valence-electron chi connectivity index (χ4n) is 1.53. The minimum absolute atomic E-state index is 0.234. The summed E-state index contributed by atoms with van der Waals surface area (Å²) in [6.07, 6.45) is -3.61. The van der Waals surface area contributed by atoms with Crippen LogP contribution in [0.1, 0.15) is 12.5 Å². The Balaban J connectivity index is 0.000000412. The lowest BCUT2D eigenvalue weighted by Gasteiger charge is -2.11. The second kappa shape index (κ2) is 9.10. The van der Waals surface area contributed by atoms with Crippen molar-refractivity contribution in [2.24, 2.45) is 5.73 Å². The standard InChI is InChI=1S/C11H13ClN6O.C2HF3O2/c1-7(13)11(19)14-5-8-4-9(12)2-3-10(8)18-6-15-16-17-18;3-2(4,5)1(6)7/h2-4,6-7H,5,13H2,1H3,(H,14,19);(H,6,7)/t7-;/m0./s1. The molecular weight excluding hydrogens is 381 g/mol. The largest absolute Gasteiger partial charge is 0.490 e. The van der Waals surface area contributed by atoms with Gasteiger partial charge in [-0.2, -0.15) is 13.2 Å². The summed E-state index contributed by atoms with van der Waals surface area (Å²) >= 11 is 5.96. The van der Waals surface area contributed by atoms with Gasteiger partial charge in [-0.1, -0.05) is 11.6 Å². The fraction of sp³-hybridized carbons (Fsp3) is 0.308. The van der Waals surface area contributed by atoms with E-state index < -0.39 is 18.2 Å². The molecule has 0 aliphatic rings. The Morgan fingerprint density at radius 2 is 2.04 bits per heavy atom. The number of alkyl halides is 3. The number of carboxylic acids is 1. The number of carbonyl (C=O) groups is 2. The van der Waals surface area contributed by atoms with Crippen molar-refractivity contribution in [2.75, 3.05) is 0 Å². The summed E-state index contributed by atoms with van der Waals surface area (Å²) in [5.74, 6) is -2.99. The molecule has 26 heavy (non-hydrogen) atoms. The zero-order valence-corrected chi connectivity index (χ0v) is 14.0. The lowest BCUT2D eigenvalue weighted by atomic mass is 10.1. The summed E-state index contributed by atoms with van der Waals surface area (Å²) in [6, 6.07) is 4.71. The van der Waals surface area contributed by atoms with Crippen LogP contribution >= 0.6 is 11.6 Å². The molecule has 2 aromatic rings. The van der Waals surface area contributed by atoms with Gasteiger partial charge >= 0.3 is 12.1 Å². The summed E-state index contributed by atoms with van der Waals surface area (Å²) in [6.45, 7) is 1.92. The van der Waals surface area contributed by atoms with Crippen LogP contribution in [0.25, 0.3) is 5.69 Å². The van der Waals surface area contributed by atoms with E-state index in [2.05, 4.69) is 20.8 Å². The predicted octanol–water partition coefficient (Wildman–Crippen LogP) is 0.912. The van der Waals surface area contributed by atoms with E-state index in [1.807, 2.05) is 0 Å². The number of hydrogen-bond acceptors (Lipinski definition) is 6. The third-order valence-corrected chi connectivity index (χ3v) is 2.98. The highest BCUT2D eigenvalue weighted by Gasteiger charge is 2.38. The van der Waals surface area contributed by atoms with Crippen molar-refractivity contribution in [3.8, 4) is 5.69 Å². The Kier molecular flexibility index (Phi) is 7.46. The van der Waals surface area contributed by atoms with Crippen LogP contribution in [0.5, 0.6) is 0 Å².